The first-order chi connectivity index (χ1) is 18.5. The lowest BCUT2D eigenvalue weighted by atomic mass is 10.1. The Balaban J connectivity index is 2.09. The van der Waals surface area contributed by atoms with Crippen molar-refractivity contribution in [2.75, 3.05) is 0 Å². The van der Waals surface area contributed by atoms with Gasteiger partial charge in [-0.15, -0.1) is 0 Å². The van der Waals surface area contributed by atoms with Crippen molar-refractivity contribution in [3.8, 4) is 0 Å². The molecule has 0 fully saturated rings. The zero-order chi connectivity index (χ0) is 28.7. The van der Waals surface area contributed by atoms with E-state index in [0.717, 1.165) is 0 Å². The number of nitrogens with two attached hydrogens (primary N) is 1. The smallest absolute Gasteiger partial charge is 0.417 e. The Kier molecular flexibility index (Phi) is 11.0. The third kappa shape index (κ3) is 7.43. The summed E-state index contributed by atoms with van der Waals surface area (Å²) >= 11 is 0. The van der Waals surface area contributed by atoms with Gasteiger partial charge < -0.3 is 18.1 Å². The van der Waals surface area contributed by atoms with E-state index < -0.39 is 44.0 Å². The van der Waals surface area contributed by atoms with Crippen LogP contribution in [0.4, 0.5) is 0 Å². The van der Waals surface area contributed by atoms with Crippen LogP contribution in [0, 0.1) is 41.5 Å². The van der Waals surface area contributed by atoms with Crippen molar-refractivity contribution in [2.24, 2.45) is 5.73 Å². The molecule has 0 heterocycles. The van der Waals surface area contributed by atoms with Gasteiger partial charge in [-0.25, -0.2) is 0 Å². The highest BCUT2D eigenvalue weighted by Gasteiger charge is 2.50. The van der Waals surface area contributed by atoms with Crippen LogP contribution < -0.4 is 21.3 Å². The lowest BCUT2D eigenvalue weighted by Crippen LogP contribution is -2.57. The van der Waals surface area contributed by atoms with Gasteiger partial charge >= 0.3 is 8.80 Å². The SMILES string of the molecule is C=C(C(N)=O)C(CC)[Si](O[SiH2]c1cccc(C)c1C)(O[SiH2]c1cccc(C)c1C)O[SiH2]c1cccc(C)c1C. The van der Waals surface area contributed by atoms with E-state index >= 15 is 0 Å². The second kappa shape index (κ2) is 13.8. The number of benzene rings is 3. The van der Waals surface area contributed by atoms with E-state index in [1.807, 2.05) is 6.92 Å². The van der Waals surface area contributed by atoms with Crippen molar-refractivity contribution in [1.82, 2.24) is 0 Å². The summed E-state index contributed by atoms with van der Waals surface area (Å²) in [5.41, 5.74) is 13.2. The standard InChI is InChI=1S/C30H43NO4Si4/c1-9-29(25(8)30(31)32)39(33-36-26-16-10-13-19(2)22(26)5,34-37-27-17-11-14-20(3)23(27)6)35-38-28-18-12-15-21(4)24(28)7/h10-18,29H,8-9,36-38H2,1-7H3,(H2,31,32). The molecule has 1 unspecified atom stereocenters. The highest BCUT2D eigenvalue weighted by atomic mass is 28.5. The van der Waals surface area contributed by atoms with Gasteiger partial charge in [0.05, 0.1) is 5.54 Å². The van der Waals surface area contributed by atoms with Gasteiger partial charge in [0.1, 0.15) is 0 Å². The second-order valence-corrected chi connectivity index (χ2v) is 18.9. The number of hydrogen-bond donors (Lipinski definition) is 1. The molecule has 0 bridgehead atoms. The van der Waals surface area contributed by atoms with Crippen LogP contribution in [0.1, 0.15) is 46.7 Å². The third-order valence-electron chi connectivity index (χ3n) is 8.01. The highest BCUT2D eigenvalue weighted by Crippen LogP contribution is 2.34. The van der Waals surface area contributed by atoms with Crippen molar-refractivity contribution in [1.29, 1.82) is 0 Å². The van der Waals surface area contributed by atoms with Crippen LogP contribution >= 0.6 is 0 Å². The average molecular weight is 594 g/mol. The van der Waals surface area contributed by atoms with Crippen LogP contribution in [0.25, 0.3) is 0 Å². The predicted octanol–water partition coefficient (Wildman–Crippen LogP) is 1.88. The van der Waals surface area contributed by atoms with Crippen molar-refractivity contribution in [3.05, 3.63) is 100 Å². The minimum Gasteiger partial charge on any atom is -0.417 e. The molecular weight excluding hydrogens is 551 g/mol. The fourth-order valence-corrected chi connectivity index (χ4v) is 17.9. The molecule has 3 rings (SSSR count). The summed E-state index contributed by atoms with van der Waals surface area (Å²) < 4.78 is 21.0. The molecule has 208 valence electrons. The normalized spacial score (nSPS) is 14.5. The van der Waals surface area contributed by atoms with Gasteiger partial charge in [0, 0.05) is 5.57 Å². The molecule has 0 radical (unpaired) electrons. The number of carbonyl (C=O) groups excluding carboxylic acids is 1. The Morgan fingerprint density at radius 3 is 1.36 bits per heavy atom. The molecule has 1 atom stereocenters. The Morgan fingerprint density at radius 1 is 0.744 bits per heavy atom. The minimum absolute atomic E-state index is 0.337. The molecule has 0 aliphatic rings. The number of aryl methyl sites for hydroxylation is 3. The van der Waals surface area contributed by atoms with E-state index in [1.54, 1.807) is 0 Å². The Morgan fingerprint density at radius 2 is 1.08 bits per heavy atom. The Bertz CT molecular complexity index is 1210. The van der Waals surface area contributed by atoms with Crippen LogP contribution in [0.5, 0.6) is 0 Å². The molecule has 0 aliphatic carbocycles. The van der Waals surface area contributed by atoms with E-state index in [0.29, 0.717) is 12.0 Å². The zero-order valence-electron chi connectivity index (χ0n) is 24.5. The fraction of sp³-hybridized carbons (Fsp3) is 0.300. The van der Waals surface area contributed by atoms with Crippen molar-refractivity contribution in [2.45, 2.75) is 60.4 Å². The summed E-state index contributed by atoms with van der Waals surface area (Å²) in [6.07, 6.45) is 0.609. The Labute approximate surface area is 242 Å². The highest BCUT2D eigenvalue weighted by molar-refractivity contribution is 6.80. The number of primary amides is 1. The zero-order valence-corrected chi connectivity index (χ0v) is 29.8. The summed E-state index contributed by atoms with van der Waals surface area (Å²) in [5.74, 6) is -0.523. The summed E-state index contributed by atoms with van der Waals surface area (Å²) in [6.45, 7) is 18.9. The Hall–Kier alpha value is -2.38. The number of rotatable bonds is 13. The largest absolute Gasteiger partial charge is 0.477 e. The maximum atomic E-state index is 12.5. The van der Waals surface area contributed by atoms with Crippen LogP contribution in [-0.2, 0) is 17.1 Å². The topological polar surface area (TPSA) is 70.8 Å². The molecule has 2 N–H and O–H groups in total. The fourth-order valence-electron chi connectivity index (χ4n) is 4.75. The number of amides is 1. The molecular formula is C30H43NO4Si4. The van der Waals surface area contributed by atoms with Crippen molar-refractivity contribution < 1.29 is 17.1 Å². The quantitative estimate of drug-likeness (QED) is 0.243. The first-order valence-electron chi connectivity index (χ1n) is 13.6. The lowest BCUT2D eigenvalue weighted by Gasteiger charge is -2.38. The van der Waals surface area contributed by atoms with Gasteiger partial charge in [-0.05, 0) is 96.9 Å². The molecule has 1 amide bonds. The van der Waals surface area contributed by atoms with E-state index in [9.17, 15) is 4.79 Å². The van der Waals surface area contributed by atoms with E-state index in [4.69, 9.17) is 18.1 Å². The van der Waals surface area contributed by atoms with E-state index in [2.05, 4.69) is 103 Å². The molecule has 0 saturated carbocycles. The van der Waals surface area contributed by atoms with Crippen LogP contribution in [-0.4, -0.2) is 44.0 Å². The van der Waals surface area contributed by atoms with Gasteiger partial charge in [0.2, 0.25) is 5.91 Å². The first kappa shape index (κ1) is 31.1. The molecule has 0 saturated heterocycles. The average Bonchev–Trinajstić information content (AvgIpc) is 2.91. The second-order valence-electron chi connectivity index (χ2n) is 10.4. The van der Waals surface area contributed by atoms with Gasteiger partial charge in [0.15, 0.2) is 29.3 Å². The molecule has 39 heavy (non-hydrogen) atoms. The third-order valence-corrected chi connectivity index (χ3v) is 19.4. The molecule has 5 nitrogen and oxygen atoms in total. The minimum atomic E-state index is -3.44. The van der Waals surface area contributed by atoms with Gasteiger partial charge in [-0.1, -0.05) is 68.1 Å². The summed E-state index contributed by atoms with van der Waals surface area (Å²) in [7, 11) is -7.18. The van der Waals surface area contributed by atoms with E-state index in [-0.39, 0.29) is 5.54 Å². The van der Waals surface area contributed by atoms with Crippen LogP contribution in [0.2, 0.25) is 5.54 Å². The van der Waals surface area contributed by atoms with E-state index in [1.165, 1.54) is 48.9 Å². The van der Waals surface area contributed by atoms with Gasteiger partial charge in [-0.3, -0.25) is 4.79 Å². The molecule has 3 aromatic carbocycles. The summed E-state index contributed by atoms with van der Waals surface area (Å²) in [6, 6.07) is 19.0. The lowest BCUT2D eigenvalue weighted by molar-refractivity contribution is -0.114. The first-order valence-corrected chi connectivity index (χ1v) is 19.2. The maximum absolute atomic E-state index is 12.5. The van der Waals surface area contributed by atoms with Gasteiger partial charge in [-0.2, -0.15) is 0 Å². The molecule has 0 aromatic heterocycles. The molecule has 9 heteroatoms. The monoisotopic (exact) mass is 593 g/mol. The predicted molar refractivity (Wildman–Crippen MR) is 174 cm³/mol. The molecule has 3 aromatic rings. The van der Waals surface area contributed by atoms with Crippen molar-refractivity contribution >= 4 is 59.6 Å². The van der Waals surface area contributed by atoms with Crippen LogP contribution in [0.15, 0.2) is 66.7 Å². The summed E-state index contributed by atoms with van der Waals surface area (Å²) in [5, 5.41) is 3.67. The maximum Gasteiger partial charge on any atom is 0.477 e. The summed E-state index contributed by atoms with van der Waals surface area (Å²) in [4.78, 5) is 12.5. The number of carbonyl (C=O) groups is 1. The van der Waals surface area contributed by atoms with Crippen molar-refractivity contribution in [3.63, 3.8) is 0 Å². The van der Waals surface area contributed by atoms with Crippen LogP contribution in [0.3, 0.4) is 0 Å². The molecule has 0 aliphatic heterocycles. The van der Waals surface area contributed by atoms with Gasteiger partial charge in [0.25, 0.3) is 0 Å². The number of hydrogen-bond acceptors (Lipinski definition) is 4. The molecule has 0 spiro atoms.